The number of amides is 1. The summed E-state index contributed by atoms with van der Waals surface area (Å²) in [5.74, 6) is -0.168. The second-order valence-electron chi connectivity index (χ2n) is 9.90. The molecule has 1 fully saturated rings. The topological polar surface area (TPSA) is 75.5 Å². The van der Waals surface area contributed by atoms with Crippen molar-refractivity contribution in [1.82, 2.24) is 19.0 Å². The summed E-state index contributed by atoms with van der Waals surface area (Å²) in [4.78, 5) is 15.8. The second-order valence-corrected chi connectivity index (χ2v) is 13.5. The van der Waals surface area contributed by atoms with Crippen LogP contribution in [0.4, 0.5) is 0 Å². The lowest BCUT2D eigenvalue weighted by Crippen LogP contribution is -2.32. The quantitative estimate of drug-likeness (QED) is 0.137. The van der Waals surface area contributed by atoms with Crippen LogP contribution in [0, 0.1) is 0 Å². The van der Waals surface area contributed by atoms with Crippen LogP contribution in [-0.4, -0.2) is 50.7 Å². The number of hydrogen-bond donors (Lipinski definition) is 0. The first-order chi connectivity index (χ1) is 20.3. The Morgan fingerprint density at radius 3 is 2.26 bits per heavy atom. The Morgan fingerprint density at radius 1 is 0.929 bits per heavy atom. The minimum atomic E-state index is -3.69. The van der Waals surface area contributed by atoms with E-state index in [1.54, 1.807) is 33.9 Å². The lowest BCUT2D eigenvalue weighted by atomic mass is 10.1. The van der Waals surface area contributed by atoms with Crippen molar-refractivity contribution in [3.63, 3.8) is 0 Å². The van der Waals surface area contributed by atoms with Crippen LogP contribution >= 0.6 is 24.0 Å². The van der Waals surface area contributed by atoms with E-state index in [0.29, 0.717) is 45.7 Å². The van der Waals surface area contributed by atoms with Crippen LogP contribution in [0.5, 0.6) is 0 Å². The largest absolute Gasteiger partial charge is 0.288 e. The van der Waals surface area contributed by atoms with Crippen molar-refractivity contribution >= 4 is 50.3 Å². The van der Waals surface area contributed by atoms with E-state index < -0.39 is 10.0 Å². The van der Waals surface area contributed by atoms with Crippen LogP contribution in [0.2, 0.25) is 0 Å². The smallest absolute Gasteiger partial charge is 0.266 e. The van der Waals surface area contributed by atoms with E-state index in [1.165, 1.54) is 16.1 Å². The monoisotopic (exact) mass is 616 g/mol. The van der Waals surface area contributed by atoms with Gasteiger partial charge in [-0.3, -0.25) is 9.69 Å². The number of sulfonamides is 1. The highest BCUT2D eigenvalue weighted by atomic mass is 32.2. The number of hydrogen-bond acceptors (Lipinski definition) is 6. The molecule has 42 heavy (non-hydrogen) atoms. The maximum Gasteiger partial charge on any atom is 0.266 e. The Kier molecular flexibility index (Phi) is 9.37. The second kappa shape index (κ2) is 13.2. The molecule has 0 saturated carbocycles. The summed E-state index contributed by atoms with van der Waals surface area (Å²) in [6.07, 6.45) is 5.11. The standard InChI is InChI=1S/C32H32N4O3S3/c1-3-18-34(19-4-2)42(38,39)28-17-11-14-25(20-28)30-26(23-36(33-30)27-15-9-6-10-16-27)21-29-31(37)35(32(40)41-29)22-24-12-7-5-8-13-24/h5-17,20-21,23H,3-4,18-19,22H2,1-2H3. The van der Waals surface area contributed by atoms with Gasteiger partial charge in [0.1, 0.15) is 10.0 Å². The van der Waals surface area contributed by atoms with E-state index >= 15 is 0 Å². The van der Waals surface area contributed by atoms with Gasteiger partial charge < -0.3 is 0 Å². The summed E-state index contributed by atoms with van der Waals surface area (Å²) in [7, 11) is -3.69. The lowest BCUT2D eigenvalue weighted by molar-refractivity contribution is -0.122. The number of carbonyl (C=O) groups is 1. The maximum absolute atomic E-state index is 13.6. The predicted octanol–water partition coefficient (Wildman–Crippen LogP) is 6.75. The van der Waals surface area contributed by atoms with Gasteiger partial charge in [-0.25, -0.2) is 13.1 Å². The average molecular weight is 617 g/mol. The fourth-order valence-corrected chi connectivity index (χ4v) is 7.69. The number of rotatable bonds is 11. The van der Waals surface area contributed by atoms with Crippen LogP contribution < -0.4 is 0 Å². The van der Waals surface area contributed by atoms with E-state index in [9.17, 15) is 13.2 Å². The first kappa shape index (κ1) is 29.9. The predicted molar refractivity (Wildman–Crippen MR) is 173 cm³/mol. The Balaban J connectivity index is 1.55. The summed E-state index contributed by atoms with van der Waals surface area (Å²) in [6.45, 7) is 5.25. The summed E-state index contributed by atoms with van der Waals surface area (Å²) >= 11 is 6.83. The molecule has 1 amide bonds. The van der Waals surface area contributed by atoms with Crippen LogP contribution in [0.3, 0.4) is 0 Å². The average Bonchev–Trinajstić information content (AvgIpc) is 3.54. The molecule has 0 atom stereocenters. The summed E-state index contributed by atoms with van der Waals surface area (Å²) in [6, 6.07) is 26.3. The van der Waals surface area contributed by atoms with Crippen LogP contribution in [0.15, 0.2) is 101 Å². The van der Waals surface area contributed by atoms with Crippen LogP contribution in [0.1, 0.15) is 37.8 Å². The number of aromatic nitrogens is 2. The third-order valence-electron chi connectivity index (χ3n) is 6.80. The molecule has 1 aliphatic rings. The minimum absolute atomic E-state index is 0.168. The highest BCUT2D eigenvalue weighted by Gasteiger charge is 2.32. The summed E-state index contributed by atoms with van der Waals surface area (Å²) in [5, 5.41) is 4.86. The third kappa shape index (κ3) is 6.42. The number of thioether (sulfide) groups is 1. The molecular weight excluding hydrogens is 585 g/mol. The van der Waals surface area contributed by atoms with Gasteiger partial charge in [0.2, 0.25) is 10.0 Å². The fourth-order valence-electron chi connectivity index (χ4n) is 4.78. The molecule has 10 heteroatoms. The van der Waals surface area contributed by atoms with E-state index in [4.69, 9.17) is 17.3 Å². The normalized spacial score (nSPS) is 14.8. The van der Waals surface area contributed by atoms with Crippen LogP contribution in [0.25, 0.3) is 23.0 Å². The Bertz CT molecular complexity index is 1710. The number of carbonyl (C=O) groups excluding carboxylic acids is 1. The SMILES string of the molecule is CCCN(CCC)S(=O)(=O)c1cccc(-c2nn(-c3ccccc3)cc2C=C2SC(=S)N(Cc3ccccc3)C2=O)c1. The van der Waals surface area contributed by atoms with Crippen molar-refractivity contribution in [2.75, 3.05) is 13.1 Å². The van der Waals surface area contributed by atoms with Crippen molar-refractivity contribution in [1.29, 1.82) is 0 Å². The van der Waals surface area contributed by atoms with E-state index in [2.05, 4.69) is 0 Å². The van der Waals surface area contributed by atoms with E-state index in [-0.39, 0.29) is 10.8 Å². The molecule has 0 bridgehead atoms. The van der Waals surface area contributed by atoms with Crippen molar-refractivity contribution in [2.24, 2.45) is 0 Å². The number of nitrogens with zero attached hydrogens (tertiary/aromatic N) is 4. The molecule has 1 aromatic heterocycles. The number of para-hydroxylation sites is 1. The summed E-state index contributed by atoms with van der Waals surface area (Å²) < 4.78 is 30.9. The van der Waals surface area contributed by atoms with Crippen molar-refractivity contribution in [2.45, 2.75) is 38.1 Å². The van der Waals surface area contributed by atoms with Crippen LogP contribution in [-0.2, 0) is 21.4 Å². The highest BCUT2D eigenvalue weighted by Crippen LogP contribution is 2.36. The molecule has 0 unspecified atom stereocenters. The molecule has 3 aromatic carbocycles. The van der Waals surface area contributed by atoms with Crippen molar-refractivity contribution in [3.05, 3.63) is 107 Å². The van der Waals surface area contributed by atoms with Gasteiger partial charge in [0, 0.05) is 30.4 Å². The third-order valence-corrected chi connectivity index (χ3v) is 10.1. The lowest BCUT2D eigenvalue weighted by Gasteiger charge is -2.21. The molecule has 0 N–H and O–H groups in total. The first-order valence-electron chi connectivity index (χ1n) is 13.9. The van der Waals surface area contributed by atoms with E-state index in [0.717, 1.165) is 24.1 Å². The minimum Gasteiger partial charge on any atom is -0.288 e. The Labute approximate surface area is 256 Å². The molecule has 7 nitrogen and oxygen atoms in total. The molecule has 5 rings (SSSR count). The van der Waals surface area contributed by atoms with Gasteiger partial charge >= 0.3 is 0 Å². The molecule has 0 radical (unpaired) electrons. The van der Waals surface area contributed by atoms with Gasteiger partial charge in [0.15, 0.2) is 0 Å². The molecule has 1 saturated heterocycles. The van der Waals surface area contributed by atoms with E-state index in [1.807, 2.05) is 86.8 Å². The van der Waals surface area contributed by atoms with Gasteiger partial charge in [-0.2, -0.15) is 9.40 Å². The molecule has 0 spiro atoms. The van der Waals surface area contributed by atoms with Gasteiger partial charge in [-0.05, 0) is 48.7 Å². The molecular formula is C32H32N4O3S3. The van der Waals surface area contributed by atoms with Gasteiger partial charge in [-0.1, -0.05) is 98.5 Å². The number of benzene rings is 3. The zero-order valence-corrected chi connectivity index (χ0v) is 26.0. The van der Waals surface area contributed by atoms with Gasteiger partial charge in [0.05, 0.1) is 22.0 Å². The highest BCUT2D eigenvalue weighted by molar-refractivity contribution is 8.26. The number of thiocarbonyl (C=S) groups is 1. The molecule has 0 aliphatic carbocycles. The molecule has 4 aromatic rings. The fraction of sp³-hybridized carbons (Fsp3) is 0.219. The first-order valence-corrected chi connectivity index (χ1v) is 16.5. The molecule has 2 heterocycles. The summed E-state index contributed by atoms with van der Waals surface area (Å²) in [5.41, 5.74) is 3.74. The zero-order chi connectivity index (χ0) is 29.7. The Morgan fingerprint density at radius 2 is 1.60 bits per heavy atom. The van der Waals surface area contributed by atoms with Crippen molar-refractivity contribution < 1.29 is 13.2 Å². The van der Waals surface area contributed by atoms with Gasteiger partial charge in [0.25, 0.3) is 5.91 Å². The zero-order valence-electron chi connectivity index (χ0n) is 23.5. The molecule has 216 valence electrons. The van der Waals surface area contributed by atoms with Gasteiger partial charge in [-0.15, -0.1) is 0 Å². The Hall–Kier alpha value is -3.57. The molecule has 1 aliphatic heterocycles. The maximum atomic E-state index is 13.6. The van der Waals surface area contributed by atoms with Crippen molar-refractivity contribution in [3.8, 4) is 16.9 Å².